The number of aryl methyl sites for hydroxylation is 1. The van der Waals surface area contributed by atoms with Crippen LogP contribution >= 0.6 is 0 Å². The Morgan fingerprint density at radius 1 is 1.17 bits per heavy atom. The molecule has 0 aliphatic carbocycles. The third-order valence-corrected chi connectivity index (χ3v) is 2.49. The van der Waals surface area contributed by atoms with Crippen LogP contribution in [0.2, 0.25) is 0 Å². The summed E-state index contributed by atoms with van der Waals surface area (Å²) >= 11 is 0. The molecule has 0 N–H and O–H groups in total. The van der Waals surface area contributed by atoms with Gasteiger partial charge in [-0.25, -0.2) is 13.2 Å². The second-order valence-electron chi connectivity index (χ2n) is 4.28. The standard InChI is InChI=1S/C15H15F3/c1-9(2)14(17)15(18)11(4)8-12-6-5-10(3)7-13(12)16/h5-7H,1,4,8H2,2-3H3/b15-14-. The maximum atomic E-state index is 13.6. The predicted molar refractivity (Wildman–Crippen MR) is 68.0 cm³/mol. The lowest BCUT2D eigenvalue weighted by Crippen LogP contribution is -1.96. The molecule has 0 aliphatic rings. The maximum Gasteiger partial charge on any atom is 0.162 e. The van der Waals surface area contributed by atoms with Gasteiger partial charge in [-0.2, -0.15) is 0 Å². The van der Waals surface area contributed by atoms with Crippen LogP contribution in [-0.2, 0) is 6.42 Å². The van der Waals surface area contributed by atoms with Gasteiger partial charge in [0.25, 0.3) is 0 Å². The Balaban J connectivity index is 2.95. The van der Waals surface area contributed by atoms with Crippen LogP contribution in [0.5, 0.6) is 0 Å². The summed E-state index contributed by atoms with van der Waals surface area (Å²) in [7, 11) is 0. The molecule has 0 radical (unpaired) electrons. The summed E-state index contributed by atoms with van der Waals surface area (Å²) in [5.41, 5.74) is 0.942. The van der Waals surface area contributed by atoms with Gasteiger partial charge in [-0.1, -0.05) is 25.3 Å². The van der Waals surface area contributed by atoms with E-state index in [-0.39, 0.29) is 23.1 Å². The first kappa shape index (κ1) is 14.3. The Morgan fingerprint density at radius 2 is 1.78 bits per heavy atom. The van der Waals surface area contributed by atoms with Crippen molar-refractivity contribution in [3.05, 3.63) is 71.1 Å². The lowest BCUT2D eigenvalue weighted by Gasteiger charge is -2.07. The predicted octanol–water partition coefficient (Wildman–Crippen LogP) is 4.96. The van der Waals surface area contributed by atoms with Gasteiger partial charge < -0.3 is 0 Å². The van der Waals surface area contributed by atoms with E-state index in [9.17, 15) is 13.2 Å². The van der Waals surface area contributed by atoms with Gasteiger partial charge in [-0.3, -0.25) is 0 Å². The summed E-state index contributed by atoms with van der Waals surface area (Å²) in [5, 5.41) is 0. The summed E-state index contributed by atoms with van der Waals surface area (Å²) in [6.45, 7) is 9.85. The van der Waals surface area contributed by atoms with Gasteiger partial charge in [-0.05, 0) is 42.2 Å². The first-order valence-electron chi connectivity index (χ1n) is 5.47. The summed E-state index contributed by atoms with van der Waals surface area (Å²) in [5.74, 6) is -2.55. The monoisotopic (exact) mass is 252 g/mol. The van der Waals surface area contributed by atoms with Crippen molar-refractivity contribution in [1.82, 2.24) is 0 Å². The van der Waals surface area contributed by atoms with Gasteiger partial charge in [0.1, 0.15) is 5.82 Å². The quantitative estimate of drug-likeness (QED) is 0.664. The van der Waals surface area contributed by atoms with Gasteiger partial charge in [0.15, 0.2) is 11.7 Å². The highest BCUT2D eigenvalue weighted by Gasteiger charge is 2.13. The second kappa shape index (κ2) is 5.71. The zero-order valence-electron chi connectivity index (χ0n) is 10.5. The first-order valence-corrected chi connectivity index (χ1v) is 5.47. The van der Waals surface area contributed by atoms with E-state index in [1.165, 1.54) is 13.0 Å². The Kier molecular flexibility index (Phi) is 4.54. The molecule has 1 aromatic carbocycles. The normalized spacial score (nSPS) is 12.1. The molecule has 0 atom stereocenters. The molecular formula is C15H15F3. The Morgan fingerprint density at radius 3 is 2.28 bits per heavy atom. The molecule has 0 saturated heterocycles. The van der Waals surface area contributed by atoms with Gasteiger partial charge >= 0.3 is 0 Å². The molecule has 0 unspecified atom stereocenters. The van der Waals surface area contributed by atoms with E-state index in [0.717, 1.165) is 5.56 Å². The topological polar surface area (TPSA) is 0 Å². The van der Waals surface area contributed by atoms with Gasteiger partial charge in [0, 0.05) is 6.42 Å². The van der Waals surface area contributed by atoms with Crippen molar-refractivity contribution in [3.8, 4) is 0 Å². The molecule has 0 aromatic heterocycles. The Labute approximate surface area is 105 Å². The van der Waals surface area contributed by atoms with Crippen LogP contribution in [0.3, 0.4) is 0 Å². The molecule has 0 heterocycles. The highest BCUT2D eigenvalue weighted by molar-refractivity contribution is 5.37. The van der Waals surface area contributed by atoms with Crippen molar-refractivity contribution < 1.29 is 13.2 Å². The van der Waals surface area contributed by atoms with Crippen LogP contribution in [0, 0.1) is 12.7 Å². The average molecular weight is 252 g/mol. The van der Waals surface area contributed by atoms with E-state index in [1.807, 2.05) is 0 Å². The van der Waals surface area contributed by atoms with E-state index in [4.69, 9.17) is 0 Å². The molecule has 0 spiro atoms. The minimum atomic E-state index is -1.07. The van der Waals surface area contributed by atoms with Crippen LogP contribution < -0.4 is 0 Å². The fourth-order valence-corrected chi connectivity index (χ4v) is 1.45. The van der Waals surface area contributed by atoms with E-state index in [0.29, 0.717) is 0 Å². The highest BCUT2D eigenvalue weighted by Crippen LogP contribution is 2.25. The number of hydrogen-bond donors (Lipinski definition) is 0. The number of benzene rings is 1. The molecule has 18 heavy (non-hydrogen) atoms. The maximum absolute atomic E-state index is 13.6. The third kappa shape index (κ3) is 3.36. The summed E-state index contributed by atoms with van der Waals surface area (Å²) in [6, 6.07) is 4.60. The second-order valence-corrected chi connectivity index (χ2v) is 4.28. The van der Waals surface area contributed by atoms with Crippen molar-refractivity contribution in [2.24, 2.45) is 0 Å². The Bertz CT molecular complexity index is 525. The molecule has 3 heteroatoms. The van der Waals surface area contributed by atoms with Crippen LogP contribution in [0.25, 0.3) is 0 Å². The minimum Gasteiger partial charge on any atom is -0.207 e. The number of rotatable bonds is 4. The average Bonchev–Trinajstić information content (AvgIpc) is 2.30. The van der Waals surface area contributed by atoms with E-state index in [2.05, 4.69) is 13.2 Å². The van der Waals surface area contributed by atoms with Crippen molar-refractivity contribution in [2.45, 2.75) is 20.3 Å². The number of hydrogen-bond acceptors (Lipinski definition) is 0. The zero-order chi connectivity index (χ0) is 13.9. The molecule has 0 bridgehead atoms. The van der Waals surface area contributed by atoms with Crippen LogP contribution in [0.1, 0.15) is 18.1 Å². The molecule has 0 fully saturated rings. The SMILES string of the molecule is C=C(C)/C(F)=C(/F)C(=C)Cc1ccc(C)cc1F. The lowest BCUT2D eigenvalue weighted by atomic mass is 10.0. The molecule has 96 valence electrons. The summed E-state index contributed by atoms with van der Waals surface area (Å²) in [6.07, 6.45) is -0.0708. The fraction of sp³-hybridized carbons (Fsp3) is 0.200. The first-order chi connectivity index (χ1) is 8.32. The van der Waals surface area contributed by atoms with Crippen molar-refractivity contribution in [1.29, 1.82) is 0 Å². The molecule has 1 rings (SSSR count). The molecular weight excluding hydrogens is 237 g/mol. The summed E-state index contributed by atoms with van der Waals surface area (Å²) in [4.78, 5) is 0. The van der Waals surface area contributed by atoms with Crippen molar-refractivity contribution in [2.75, 3.05) is 0 Å². The lowest BCUT2D eigenvalue weighted by molar-refractivity contribution is 0.550. The van der Waals surface area contributed by atoms with Crippen molar-refractivity contribution in [3.63, 3.8) is 0 Å². The fourth-order valence-electron chi connectivity index (χ4n) is 1.45. The molecule has 0 nitrogen and oxygen atoms in total. The van der Waals surface area contributed by atoms with Crippen molar-refractivity contribution >= 4 is 0 Å². The highest BCUT2D eigenvalue weighted by atomic mass is 19.2. The largest absolute Gasteiger partial charge is 0.207 e. The molecule has 0 amide bonds. The molecule has 0 saturated carbocycles. The number of halogens is 3. The van der Waals surface area contributed by atoms with Gasteiger partial charge in [-0.15, -0.1) is 0 Å². The third-order valence-electron chi connectivity index (χ3n) is 2.49. The van der Waals surface area contributed by atoms with E-state index in [1.54, 1.807) is 19.1 Å². The molecule has 1 aromatic rings. The zero-order valence-corrected chi connectivity index (χ0v) is 10.5. The Hall–Kier alpha value is -1.77. The smallest absolute Gasteiger partial charge is 0.162 e. The van der Waals surface area contributed by atoms with Crippen LogP contribution in [0.15, 0.2) is 54.2 Å². The van der Waals surface area contributed by atoms with Gasteiger partial charge in [0.2, 0.25) is 0 Å². The van der Waals surface area contributed by atoms with Crippen LogP contribution in [-0.4, -0.2) is 0 Å². The minimum absolute atomic E-state index is 0.0157. The van der Waals surface area contributed by atoms with E-state index < -0.39 is 17.5 Å². The van der Waals surface area contributed by atoms with Crippen LogP contribution in [0.4, 0.5) is 13.2 Å². The number of allylic oxidation sites excluding steroid dienone is 4. The summed E-state index contributed by atoms with van der Waals surface area (Å²) < 4.78 is 40.4. The molecule has 0 aliphatic heterocycles. The van der Waals surface area contributed by atoms with Gasteiger partial charge in [0.05, 0.1) is 0 Å². The van der Waals surface area contributed by atoms with E-state index >= 15 is 0 Å².